The van der Waals surface area contributed by atoms with Crippen LogP contribution in [-0.2, 0) is 27.7 Å². The first-order chi connectivity index (χ1) is 13.5. The average Bonchev–Trinajstić information content (AvgIpc) is 2.71. The minimum absolute atomic E-state index is 0.183. The Morgan fingerprint density at radius 3 is 2.61 bits per heavy atom. The van der Waals surface area contributed by atoms with Gasteiger partial charge >= 0.3 is 0 Å². The number of nitrogens with one attached hydrogen (secondary N) is 2. The third-order valence-electron chi connectivity index (χ3n) is 4.88. The van der Waals surface area contributed by atoms with Crippen molar-refractivity contribution in [1.29, 1.82) is 0 Å². The van der Waals surface area contributed by atoms with Gasteiger partial charge in [0.1, 0.15) is 5.75 Å². The van der Waals surface area contributed by atoms with Gasteiger partial charge in [-0.15, -0.1) is 0 Å². The quantitative estimate of drug-likeness (QED) is 0.664. The molecule has 2 aromatic rings. The van der Waals surface area contributed by atoms with Gasteiger partial charge in [-0.05, 0) is 67.5 Å². The van der Waals surface area contributed by atoms with E-state index >= 15 is 0 Å². The molecule has 0 saturated carbocycles. The van der Waals surface area contributed by atoms with Crippen molar-refractivity contribution in [2.45, 2.75) is 43.4 Å². The molecule has 0 heterocycles. The third-order valence-corrected chi connectivity index (χ3v) is 6.34. The summed E-state index contributed by atoms with van der Waals surface area (Å²) in [5.74, 6) is 0.404. The molecular formula is C21H26N2O4S. The van der Waals surface area contributed by atoms with Crippen molar-refractivity contribution in [2.75, 3.05) is 19.0 Å². The Hall–Kier alpha value is -2.38. The molecule has 0 aromatic heterocycles. The lowest BCUT2D eigenvalue weighted by Crippen LogP contribution is -2.26. The Labute approximate surface area is 166 Å². The lowest BCUT2D eigenvalue weighted by Gasteiger charge is -2.16. The summed E-state index contributed by atoms with van der Waals surface area (Å²) in [6.45, 7) is 0.207. The molecule has 1 aliphatic rings. The van der Waals surface area contributed by atoms with Crippen LogP contribution in [0.5, 0.6) is 5.75 Å². The van der Waals surface area contributed by atoms with Crippen molar-refractivity contribution in [3.63, 3.8) is 0 Å². The van der Waals surface area contributed by atoms with Crippen molar-refractivity contribution >= 4 is 21.6 Å². The largest absolute Gasteiger partial charge is 0.495 e. The van der Waals surface area contributed by atoms with Crippen molar-refractivity contribution in [2.24, 2.45) is 0 Å². The number of amides is 1. The van der Waals surface area contributed by atoms with E-state index in [9.17, 15) is 13.2 Å². The van der Waals surface area contributed by atoms with E-state index in [0.29, 0.717) is 22.8 Å². The van der Waals surface area contributed by atoms with Crippen LogP contribution < -0.4 is 14.8 Å². The number of rotatable bonds is 8. The van der Waals surface area contributed by atoms with Gasteiger partial charge in [0.25, 0.3) is 0 Å². The molecule has 6 nitrogen and oxygen atoms in total. The first-order valence-corrected chi connectivity index (χ1v) is 11.0. The van der Waals surface area contributed by atoms with Gasteiger partial charge in [-0.1, -0.05) is 18.2 Å². The van der Waals surface area contributed by atoms with E-state index in [1.807, 2.05) is 18.2 Å². The lowest BCUT2D eigenvalue weighted by molar-refractivity contribution is -0.116. The number of hydrogen-bond donors (Lipinski definition) is 2. The number of aryl methyl sites for hydroxylation is 2. The summed E-state index contributed by atoms with van der Waals surface area (Å²) in [6.07, 6.45) is 4.83. The van der Waals surface area contributed by atoms with Gasteiger partial charge in [-0.25, -0.2) is 13.1 Å². The highest BCUT2D eigenvalue weighted by Crippen LogP contribution is 2.24. The fourth-order valence-corrected chi connectivity index (χ4v) is 4.50. The number of hydrogen-bond acceptors (Lipinski definition) is 4. The van der Waals surface area contributed by atoms with E-state index in [-0.39, 0.29) is 18.9 Å². The van der Waals surface area contributed by atoms with Gasteiger partial charge in [0.2, 0.25) is 15.9 Å². The maximum absolute atomic E-state index is 12.5. The molecule has 1 aliphatic carbocycles. The first-order valence-electron chi connectivity index (χ1n) is 9.54. The number of fused-ring (bicyclic) bond motifs is 1. The molecule has 7 heteroatoms. The van der Waals surface area contributed by atoms with Crippen LogP contribution in [-0.4, -0.2) is 28.0 Å². The van der Waals surface area contributed by atoms with E-state index in [0.717, 1.165) is 31.2 Å². The van der Waals surface area contributed by atoms with Gasteiger partial charge in [0, 0.05) is 13.0 Å². The molecule has 2 aromatic carbocycles. The maximum Gasteiger partial charge on any atom is 0.240 e. The van der Waals surface area contributed by atoms with Crippen LogP contribution >= 0.6 is 0 Å². The number of carbonyl (C=O) groups excluding carboxylic acids is 1. The second-order valence-electron chi connectivity index (χ2n) is 6.89. The van der Waals surface area contributed by atoms with Crippen molar-refractivity contribution < 1.29 is 17.9 Å². The molecule has 0 unspecified atom stereocenters. The van der Waals surface area contributed by atoms with Gasteiger partial charge < -0.3 is 10.1 Å². The number of para-hydroxylation sites is 2. The maximum atomic E-state index is 12.5. The van der Waals surface area contributed by atoms with Crippen LogP contribution in [0.3, 0.4) is 0 Å². The second-order valence-corrected chi connectivity index (χ2v) is 8.65. The molecule has 0 atom stereocenters. The molecule has 150 valence electrons. The molecule has 0 bridgehead atoms. The first kappa shape index (κ1) is 20.4. The number of anilines is 1. The van der Waals surface area contributed by atoms with Crippen LogP contribution in [0.15, 0.2) is 47.4 Å². The highest BCUT2D eigenvalue weighted by molar-refractivity contribution is 7.89. The number of carbonyl (C=O) groups is 1. The zero-order valence-electron chi connectivity index (χ0n) is 16.0. The van der Waals surface area contributed by atoms with Crippen LogP contribution in [0.25, 0.3) is 0 Å². The molecule has 1 amide bonds. The zero-order valence-corrected chi connectivity index (χ0v) is 16.8. The molecule has 0 saturated heterocycles. The molecule has 3 rings (SSSR count). The summed E-state index contributed by atoms with van der Waals surface area (Å²) in [5.41, 5.74) is 2.98. The third kappa shape index (κ3) is 5.11. The molecule has 0 spiro atoms. The van der Waals surface area contributed by atoms with Crippen LogP contribution in [0.2, 0.25) is 0 Å². The highest BCUT2D eigenvalue weighted by atomic mass is 32.2. The Kier molecular flexibility index (Phi) is 6.70. The van der Waals surface area contributed by atoms with Crippen molar-refractivity contribution in [3.05, 3.63) is 53.6 Å². The number of methoxy groups -OCH3 is 1. The topological polar surface area (TPSA) is 84.5 Å². The zero-order chi connectivity index (χ0) is 20.0. The summed E-state index contributed by atoms with van der Waals surface area (Å²) in [6, 6.07) is 12.5. The fraction of sp³-hybridized carbons (Fsp3) is 0.381. The summed E-state index contributed by atoms with van der Waals surface area (Å²) in [5, 5.41) is 2.78. The number of sulfonamides is 1. The summed E-state index contributed by atoms with van der Waals surface area (Å²) >= 11 is 0. The molecular weight excluding hydrogens is 376 g/mol. The second kappa shape index (κ2) is 9.21. The number of benzene rings is 2. The fourth-order valence-electron chi connectivity index (χ4n) is 3.38. The van der Waals surface area contributed by atoms with Gasteiger partial charge in [0.05, 0.1) is 17.7 Å². The van der Waals surface area contributed by atoms with E-state index in [4.69, 9.17) is 4.74 Å². The minimum Gasteiger partial charge on any atom is -0.495 e. The smallest absolute Gasteiger partial charge is 0.240 e. The normalized spacial score (nSPS) is 13.6. The van der Waals surface area contributed by atoms with Crippen LogP contribution in [0, 0.1) is 0 Å². The molecule has 0 radical (unpaired) electrons. The summed E-state index contributed by atoms with van der Waals surface area (Å²) in [4.78, 5) is 12.4. The predicted octanol–water partition coefficient (Wildman–Crippen LogP) is 3.27. The molecule has 2 N–H and O–H groups in total. The minimum atomic E-state index is -3.56. The van der Waals surface area contributed by atoms with E-state index in [1.165, 1.54) is 5.56 Å². The number of ether oxygens (including phenoxy) is 1. The van der Waals surface area contributed by atoms with Crippen molar-refractivity contribution in [3.8, 4) is 5.75 Å². The predicted molar refractivity (Wildman–Crippen MR) is 109 cm³/mol. The van der Waals surface area contributed by atoms with Gasteiger partial charge in [-0.2, -0.15) is 0 Å². The Bertz CT molecular complexity index is 941. The average molecular weight is 403 g/mol. The van der Waals surface area contributed by atoms with Gasteiger partial charge in [0.15, 0.2) is 0 Å². The monoisotopic (exact) mass is 402 g/mol. The molecule has 0 aliphatic heterocycles. The standard InChI is InChI=1S/C21H26N2O4S/c1-27-20-10-5-4-9-19(20)23-21(24)11-6-14-22-28(25,26)18-13-12-16-7-2-3-8-17(16)15-18/h4-5,9-10,12-13,15,22H,2-3,6-8,11,14H2,1H3,(H,23,24). The lowest BCUT2D eigenvalue weighted by atomic mass is 9.92. The van der Waals surface area contributed by atoms with E-state index in [2.05, 4.69) is 10.0 Å². The Morgan fingerprint density at radius 2 is 1.82 bits per heavy atom. The molecule has 0 fully saturated rings. The highest BCUT2D eigenvalue weighted by Gasteiger charge is 2.17. The van der Waals surface area contributed by atoms with Crippen LogP contribution in [0.1, 0.15) is 36.8 Å². The van der Waals surface area contributed by atoms with E-state index in [1.54, 1.807) is 31.4 Å². The summed E-state index contributed by atoms with van der Waals surface area (Å²) in [7, 11) is -2.02. The van der Waals surface area contributed by atoms with E-state index < -0.39 is 10.0 Å². The SMILES string of the molecule is COc1ccccc1NC(=O)CCCNS(=O)(=O)c1ccc2c(c1)CCCC2. The Morgan fingerprint density at radius 1 is 1.07 bits per heavy atom. The van der Waals surface area contributed by atoms with Crippen LogP contribution in [0.4, 0.5) is 5.69 Å². The Balaban J connectivity index is 1.49. The van der Waals surface area contributed by atoms with Gasteiger partial charge in [-0.3, -0.25) is 4.79 Å². The van der Waals surface area contributed by atoms with Crippen molar-refractivity contribution in [1.82, 2.24) is 4.72 Å². The molecule has 28 heavy (non-hydrogen) atoms. The summed E-state index contributed by atoms with van der Waals surface area (Å²) < 4.78 is 32.8.